The molecular weight excluding hydrogens is 392 g/mol. The zero-order chi connectivity index (χ0) is 21.1. The summed E-state index contributed by atoms with van der Waals surface area (Å²) in [4.78, 5) is 27.0. The summed E-state index contributed by atoms with van der Waals surface area (Å²) in [5.41, 5.74) is 6.01. The van der Waals surface area contributed by atoms with E-state index in [1.54, 1.807) is 11.8 Å². The Balaban J connectivity index is 1.54. The minimum absolute atomic E-state index is 0.0560. The van der Waals surface area contributed by atoms with Crippen molar-refractivity contribution in [1.82, 2.24) is 0 Å². The molecule has 2 amide bonds. The summed E-state index contributed by atoms with van der Waals surface area (Å²) in [5.74, 6) is 0.494. The van der Waals surface area contributed by atoms with Crippen molar-refractivity contribution in [3.63, 3.8) is 0 Å². The van der Waals surface area contributed by atoms with Crippen LogP contribution in [0.25, 0.3) is 0 Å². The summed E-state index contributed by atoms with van der Waals surface area (Å²) in [6, 6.07) is 23.6. The SMILES string of the molecule is Cc1ccc(N2C(=O)CS[C@@H]2c2cccc(NC(=O)Cc3ccccc3)c2)cc1C. The number of carbonyl (C=O) groups is 2. The van der Waals surface area contributed by atoms with E-state index in [2.05, 4.69) is 31.3 Å². The minimum atomic E-state index is -0.106. The van der Waals surface area contributed by atoms with Crippen molar-refractivity contribution in [2.24, 2.45) is 0 Å². The maximum Gasteiger partial charge on any atom is 0.238 e. The van der Waals surface area contributed by atoms with Gasteiger partial charge in [0.1, 0.15) is 5.37 Å². The number of aryl methyl sites for hydroxylation is 2. The third-order valence-corrected chi connectivity index (χ3v) is 6.51. The van der Waals surface area contributed by atoms with E-state index in [4.69, 9.17) is 0 Å². The number of thioether (sulfide) groups is 1. The molecule has 1 N–H and O–H groups in total. The molecule has 4 rings (SSSR count). The third-order valence-electron chi connectivity index (χ3n) is 5.30. The maximum atomic E-state index is 12.7. The minimum Gasteiger partial charge on any atom is -0.326 e. The first-order valence-electron chi connectivity index (χ1n) is 9.96. The number of nitrogens with one attached hydrogen (secondary N) is 1. The Morgan fingerprint density at radius 2 is 1.80 bits per heavy atom. The van der Waals surface area contributed by atoms with Gasteiger partial charge in [0.2, 0.25) is 11.8 Å². The van der Waals surface area contributed by atoms with Crippen molar-refractivity contribution in [3.8, 4) is 0 Å². The highest BCUT2D eigenvalue weighted by Crippen LogP contribution is 2.42. The van der Waals surface area contributed by atoms with E-state index >= 15 is 0 Å². The fraction of sp³-hybridized carbons (Fsp3) is 0.200. The lowest BCUT2D eigenvalue weighted by atomic mass is 10.1. The molecular formula is C25H24N2O2S. The van der Waals surface area contributed by atoms with Gasteiger partial charge in [-0.2, -0.15) is 0 Å². The van der Waals surface area contributed by atoms with Crippen LogP contribution in [0.3, 0.4) is 0 Å². The largest absolute Gasteiger partial charge is 0.326 e. The number of amides is 2. The second-order valence-electron chi connectivity index (χ2n) is 7.53. The molecule has 0 aliphatic carbocycles. The van der Waals surface area contributed by atoms with Crippen LogP contribution in [0, 0.1) is 13.8 Å². The van der Waals surface area contributed by atoms with Gasteiger partial charge in [0.05, 0.1) is 12.2 Å². The third kappa shape index (κ3) is 4.41. The summed E-state index contributed by atoms with van der Waals surface area (Å²) >= 11 is 1.61. The summed E-state index contributed by atoms with van der Waals surface area (Å²) in [6.45, 7) is 4.13. The molecule has 1 aliphatic rings. The van der Waals surface area contributed by atoms with Gasteiger partial charge in [0.25, 0.3) is 0 Å². The molecule has 0 spiro atoms. The quantitative estimate of drug-likeness (QED) is 0.617. The van der Waals surface area contributed by atoms with Gasteiger partial charge in [-0.3, -0.25) is 14.5 Å². The second-order valence-corrected chi connectivity index (χ2v) is 8.60. The number of rotatable bonds is 5. The standard InChI is InChI=1S/C25H24N2O2S/c1-17-11-12-22(13-18(17)2)27-24(29)16-30-25(27)20-9-6-10-21(15-20)26-23(28)14-19-7-4-3-5-8-19/h3-13,15,25H,14,16H2,1-2H3,(H,26,28)/t25-/m1/s1. The lowest BCUT2D eigenvalue weighted by Gasteiger charge is -2.25. The van der Waals surface area contributed by atoms with Crippen molar-refractivity contribution in [1.29, 1.82) is 0 Å². The summed E-state index contributed by atoms with van der Waals surface area (Å²) in [5, 5.41) is 2.88. The highest BCUT2D eigenvalue weighted by molar-refractivity contribution is 8.00. The van der Waals surface area contributed by atoms with Crippen molar-refractivity contribution in [2.45, 2.75) is 25.6 Å². The van der Waals surface area contributed by atoms with Crippen molar-refractivity contribution in [3.05, 3.63) is 95.1 Å². The highest BCUT2D eigenvalue weighted by atomic mass is 32.2. The Bertz CT molecular complexity index is 1080. The van der Waals surface area contributed by atoms with Gasteiger partial charge in [0.15, 0.2) is 0 Å². The van der Waals surface area contributed by atoms with Crippen LogP contribution in [-0.2, 0) is 16.0 Å². The molecule has 0 saturated carbocycles. The van der Waals surface area contributed by atoms with Crippen LogP contribution in [0.15, 0.2) is 72.8 Å². The molecule has 1 fully saturated rings. The van der Waals surface area contributed by atoms with E-state index in [1.165, 1.54) is 5.56 Å². The Morgan fingerprint density at radius 1 is 1.00 bits per heavy atom. The predicted molar refractivity (Wildman–Crippen MR) is 124 cm³/mol. The Morgan fingerprint density at radius 3 is 2.57 bits per heavy atom. The monoisotopic (exact) mass is 416 g/mol. The molecule has 1 saturated heterocycles. The number of carbonyl (C=O) groups excluding carboxylic acids is 2. The lowest BCUT2D eigenvalue weighted by molar-refractivity contribution is -0.116. The molecule has 1 heterocycles. The van der Waals surface area contributed by atoms with Gasteiger partial charge in [-0.1, -0.05) is 48.5 Å². The van der Waals surface area contributed by atoms with Gasteiger partial charge in [-0.15, -0.1) is 11.8 Å². The predicted octanol–water partition coefficient (Wildman–Crippen LogP) is 5.26. The van der Waals surface area contributed by atoms with Crippen LogP contribution in [-0.4, -0.2) is 17.6 Å². The first-order chi connectivity index (χ1) is 14.5. The molecule has 4 nitrogen and oxygen atoms in total. The van der Waals surface area contributed by atoms with Gasteiger partial charge < -0.3 is 5.32 Å². The smallest absolute Gasteiger partial charge is 0.238 e. The molecule has 30 heavy (non-hydrogen) atoms. The zero-order valence-electron chi connectivity index (χ0n) is 17.1. The van der Waals surface area contributed by atoms with E-state index in [-0.39, 0.29) is 17.2 Å². The van der Waals surface area contributed by atoms with E-state index < -0.39 is 0 Å². The molecule has 3 aromatic rings. The Kier molecular flexibility index (Phi) is 5.91. The molecule has 3 aromatic carbocycles. The second kappa shape index (κ2) is 8.76. The average Bonchev–Trinajstić information content (AvgIpc) is 3.12. The van der Waals surface area contributed by atoms with Gasteiger partial charge >= 0.3 is 0 Å². The Hall–Kier alpha value is -3.05. The molecule has 0 bridgehead atoms. The molecule has 0 unspecified atom stereocenters. The van der Waals surface area contributed by atoms with E-state index in [0.29, 0.717) is 12.2 Å². The van der Waals surface area contributed by atoms with Crippen molar-refractivity contribution < 1.29 is 9.59 Å². The number of benzene rings is 3. The molecule has 152 valence electrons. The molecule has 5 heteroatoms. The van der Waals surface area contributed by atoms with Gasteiger partial charge in [0, 0.05) is 11.4 Å². The summed E-state index contributed by atoms with van der Waals surface area (Å²) in [6.07, 6.45) is 0.330. The number of nitrogens with zero attached hydrogens (tertiary/aromatic N) is 1. The zero-order valence-corrected chi connectivity index (χ0v) is 17.9. The van der Waals surface area contributed by atoms with Crippen molar-refractivity contribution >= 4 is 35.0 Å². The number of hydrogen-bond acceptors (Lipinski definition) is 3. The van der Waals surface area contributed by atoms with E-state index in [9.17, 15) is 9.59 Å². The van der Waals surface area contributed by atoms with E-state index in [1.807, 2.05) is 65.6 Å². The average molecular weight is 417 g/mol. The maximum absolute atomic E-state index is 12.7. The topological polar surface area (TPSA) is 49.4 Å². The normalized spacial score (nSPS) is 16.0. The fourth-order valence-electron chi connectivity index (χ4n) is 3.58. The molecule has 1 atom stereocenters. The van der Waals surface area contributed by atoms with Crippen LogP contribution in [0.2, 0.25) is 0 Å². The van der Waals surface area contributed by atoms with Gasteiger partial charge in [-0.25, -0.2) is 0 Å². The molecule has 0 aromatic heterocycles. The van der Waals surface area contributed by atoms with Crippen LogP contribution < -0.4 is 10.2 Å². The molecule has 1 aliphatic heterocycles. The van der Waals surface area contributed by atoms with E-state index in [0.717, 1.165) is 28.1 Å². The van der Waals surface area contributed by atoms with Crippen LogP contribution in [0.4, 0.5) is 11.4 Å². The van der Waals surface area contributed by atoms with Crippen molar-refractivity contribution in [2.75, 3.05) is 16.0 Å². The van der Waals surface area contributed by atoms with Crippen LogP contribution in [0.5, 0.6) is 0 Å². The number of anilines is 2. The van der Waals surface area contributed by atoms with Crippen LogP contribution >= 0.6 is 11.8 Å². The summed E-state index contributed by atoms with van der Waals surface area (Å²) in [7, 11) is 0. The lowest BCUT2D eigenvalue weighted by Crippen LogP contribution is -2.28. The first-order valence-corrected chi connectivity index (χ1v) is 11.0. The Labute approximate surface area is 181 Å². The van der Waals surface area contributed by atoms with Gasteiger partial charge in [-0.05, 0) is 60.4 Å². The molecule has 0 radical (unpaired) electrons. The first kappa shape index (κ1) is 20.2. The number of hydrogen-bond donors (Lipinski definition) is 1. The highest BCUT2D eigenvalue weighted by Gasteiger charge is 2.34. The van der Waals surface area contributed by atoms with Crippen LogP contribution in [0.1, 0.15) is 27.6 Å². The summed E-state index contributed by atoms with van der Waals surface area (Å²) < 4.78 is 0. The fourth-order valence-corrected chi connectivity index (χ4v) is 4.75.